The van der Waals surface area contributed by atoms with Crippen LogP contribution in [0.4, 0.5) is 5.82 Å². The lowest BCUT2D eigenvalue weighted by atomic mass is 9.71. The summed E-state index contributed by atoms with van der Waals surface area (Å²) in [5.41, 5.74) is 1.68. The summed E-state index contributed by atoms with van der Waals surface area (Å²) in [6, 6.07) is 1.48. The zero-order valence-corrected chi connectivity index (χ0v) is 18.9. The van der Waals surface area contributed by atoms with Crippen molar-refractivity contribution in [1.82, 2.24) is 24.9 Å². The summed E-state index contributed by atoms with van der Waals surface area (Å²) in [5.74, 6) is 2.01. The van der Waals surface area contributed by atoms with Gasteiger partial charge in [0.15, 0.2) is 5.76 Å². The molecule has 32 heavy (non-hydrogen) atoms. The van der Waals surface area contributed by atoms with Crippen LogP contribution in [0.25, 0.3) is 0 Å². The molecular weight excluding hydrogens is 408 g/mol. The molecule has 2 bridgehead atoms. The number of piperidine rings is 3. The van der Waals surface area contributed by atoms with E-state index in [0.29, 0.717) is 31.2 Å². The van der Waals surface area contributed by atoms with Crippen LogP contribution in [0.5, 0.6) is 0 Å². The summed E-state index contributed by atoms with van der Waals surface area (Å²) < 4.78 is 5.32. The van der Waals surface area contributed by atoms with Crippen molar-refractivity contribution < 1.29 is 14.1 Å². The molecule has 4 atom stereocenters. The number of carbonyl (C=O) groups excluding carboxylic acids is 2. The van der Waals surface area contributed by atoms with Gasteiger partial charge in [-0.05, 0) is 39.0 Å². The third kappa shape index (κ3) is 3.63. The first-order valence-corrected chi connectivity index (χ1v) is 11.4. The second kappa shape index (κ2) is 8.18. The van der Waals surface area contributed by atoms with Crippen LogP contribution in [0.15, 0.2) is 23.0 Å². The van der Waals surface area contributed by atoms with Gasteiger partial charge in [-0.15, -0.1) is 0 Å². The summed E-state index contributed by atoms with van der Waals surface area (Å²) >= 11 is 0. The van der Waals surface area contributed by atoms with Crippen molar-refractivity contribution in [3.63, 3.8) is 0 Å². The summed E-state index contributed by atoms with van der Waals surface area (Å²) in [7, 11) is 1.78. The van der Waals surface area contributed by atoms with E-state index in [1.807, 2.05) is 24.8 Å². The van der Waals surface area contributed by atoms with Crippen molar-refractivity contribution in [2.75, 3.05) is 25.0 Å². The van der Waals surface area contributed by atoms with E-state index in [9.17, 15) is 9.59 Å². The largest absolute Gasteiger partial charge is 0.359 e. The van der Waals surface area contributed by atoms with Gasteiger partial charge in [-0.25, -0.2) is 4.98 Å². The number of carbonyl (C=O) groups is 2. The molecule has 0 radical (unpaired) electrons. The number of likely N-dealkylation sites (N-methyl/N-ethyl adjacent to an activating group) is 1. The third-order valence-electron chi connectivity index (χ3n) is 7.20. The number of anilines is 1. The number of rotatable bonds is 4. The lowest BCUT2D eigenvalue weighted by Gasteiger charge is -2.56. The van der Waals surface area contributed by atoms with Crippen LogP contribution >= 0.6 is 0 Å². The van der Waals surface area contributed by atoms with Gasteiger partial charge in [-0.3, -0.25) is 14.6 Å². The molecule has 3 fully saturated rings. The van der Waals surface area contributed by atoms with E-state index in [4.69, 9.17) is 4.52 Å². The van der Waals surface area contributed by atoms with E-state index in [1.165, 1.54) is 0 Å². The minimum absolute atomic E-state index is 0.0273. The Labute approximate surface area is 187 Å². The molecule has 0 saturated carbocycles. The van der Waals surface area contributed by atoms with Crippen molar-refractivity contribution in [3.05, 3.63) is 35.6 Å². The van der Waals surface area contributed by atoms with E-state index < -0.39 is 6.04 Å². The van der Waals surface area contributed by atoms with Crippen molar-refractivity contribution in [1.29, 1.82) is 0 Å². The maximum Gasteiger partial charge on any atom is 0.245 e. The van der Waals surface area contributed by atoms with Gasteiger partial charge in [-0.1, -0.05) is 5.16 Å². The second-order valence-electron chi connectivity index (χ2n) is 9.46. The van der Waals surface area contributed by atoms with Gasteiger partial charge < -0.3 is 19.2 Å². The molecule has 0 aliphatic carbocycles. The van der Waals surface area contributed by atoms with Crippen LogP contribution in [0, 0.1) is 25.7 Å². The highest BCUT2D eigenvalue weighted by atomic mass is 16.5. The van der Waals surface area contributed by atoms with Crippen LogP contribution in [0.1, 0.15) is 42.8 Å². The summed E-state index contributed by atoms with van der Waals surface area (Å²) in [5, 5.41) is 3.92. The van der Waals surface area contributed by atoms with Crippen molar-refractivity contribution in [2.24, 2.45) is 11.8 Å². The van der Waals surface area contributed by atoms with Gasteiger partial charge in [0.2, 0.25) is 11.8 Å². The normalized spacial score (nSPS) is 27.3. The molecule has 0 unspecified atom stereocenters. The fourth-order valence-corrected chi connectivity index (χ4v) is 5.89. The van der Waals surface area contributed by atoms with E-state index in [2.05, 4.69) is 20.0 Å². The average Bonchev–Trinajstić information content (AvgIpc) is 3.19. The van der Waals surface area contributed by atoms with Crippen molar-refractivity contribution in [2.45, 2.75) is 58.2 Å². The van der Waals surface area contributed by atoms with Crippen molar-refractivity contribution >= 4 is 17.6 Å². The molecule has 0 N–H and O–H groups in total. The number of fused-ring (bicyclic) bond motifs is 4. The van der Waals surface area contributed by atoms with Crippen LogP contribution in [0.2, 0.25) is 0 Å². The van der Waals surface area contributed by atoms with Gasteiger partial charge in [0.1, 0.15) is 11.9 Å². The number of aromatic nitrogens is 3. The van der Waals surface area contributed by atoms with E-state index in [1.54, 1.807) is 24.3 Å². The number of aryl methyl sites for hydroxylation is 2. The Morgan fingerprint density at radius 2 is 2.00 bits per heavy atom. The molecule has 3 aliphatic heterocycles. The topological polar surface area (TPSA) is 95.7 Å². The summed E-state index contributed by atoms with van der Waals surface area (Å²) in [6.07, 6.45) is 6.74. The van der Waals surface area contributed by atoms with Gasteiger partial charge >= 0.3 is 0 Å². The molecule has 2 aromatic rings. The van der Waals surface area contributed by atoms with E-state index >= 15 is 0 Å². The predicted molar refractivity (Wildman–Crippen MR) is 117 cm³/mol. The lowest BCUT2D eigenvalue weighted by Crippen LogP contribution is -2.68. The average molecular weight is 439 g/mol. The van der Waals surface area contributed by atoms with Crippen LogP contribution in [-0.4, -0.2) is 69.0 Å². The minimum Gasteiger partial charge on any atom is -0.359 e. The van der Waals surface area contributed by atoms with E-state index in [-0.39, 0.29) is 23.8 Å². The first kappa shape index (κ1) is 20.9. The molecule has 2 amide bonds. The Kier molecular flexibility index (Phi) is 5.35. The van der Waals surface area contributed by atoms with E-state index in [0.717, 1.165) is 43.0 Å². The Morgan fingerprint density at radius 3 is 2.75 bits per heavy atom. The standard InChI is InChI=1S/C23H30N6O3/c1-14-9-18(32-26-14)13-27(3)23(31)21-17-10-16(19-5-4-6-20(30)29(19)21)11-28(12-17)22-15(2)24-7-8-25-22/h7-9,16-17,19,21H,4-6,10-13H2,1-3H3/t16-,17+,19+,21-/m1/s1. The monoisotopic (exact) mass is 438 g/mol. The molecule has 3 saturated heterocycles. The van der Waals surface area contributed by atoms with Crippen LogP contribution in [0.3, 0.4) is 0 Å². The summed E-state index contributed by atoms with van der Waals surface area (Å²) in [6.45, 7) is 5.71. The fraction of sp³-hybridized carbons (Fsp3) is 0.609. The Bertz CT molecular complexity index is 1020. The second-order valence-corrected chi connectivity index (χ2v) is 9.46. The maximum atomic E-state index is 13.7. The first-order valence-electron chi connectivity index (χ1n) is 11.4. The zero-order chi connectivity index (χ0) is 22.4. The molecular formula is C23H30N6O3. The molecule has 9 heteroatoms. The molecule has 5 rings (SSSR count). The minimum atomic E-state index is -0.460. The Balaban J connectivity index is 1.44. The SMILES string of the molecule is Cc1cc(CN(C)C(=O)[C@H]2[C@H]3C[C@H](CN(c4nccnc4C)C3)[C@@H]3CCCC(=O)N32)on1. The fourth-order valence-electron chi connectivity index (χ4n) is 5.89. The lowest BCUT2D eigenvalue weighted by molar-refractivity contribution is -0.160. The molecule has 2 aromatic heterocycles. The van der Waals surface area contributed by atoms with Crippen LogP contribution in [-0.2, 0) is 16.1 Å². The predicted octanol–water partition coefficient (Wildman–Crippen LogP) is 1.95. The molecule has 3 aliphatic rings. The van der Waals surface area contributed by atoms with Gasteiger partial charge in [0.05, 0.1) is 17.9 Å². The Hall–Kier alpha value is -2.97. The molecule has 0 aromatic carbocycles. The highest BCUT2D eigenvalue weighted by Gasteiger charge is 2.52. The first-order chi connectivity index (χ1) is 15.4. The summed E-state index contributed by atoms with van der Waals surface area (Å²) in [4.78, 5) is 41.7. The smallest absolute Gasteiger partial charge is 0.245 e. The van der Waals surface area contributed by atoms with Gasteiger partial charge in [0.25, 0.3) is 0 Å². The van der Waals surface area contributed by atoms with Crippen LogP contribution < -0.4 is 4.90 Å². The highest BCUT2D eigenvalue weighted by Crippen LogP contribution is 2.43. The van der Waals surface area contributed by atoms with Crippen molar-refractivity contribution in [3.8, 4) is 0 Å². The molecule has 9 nitrogen and oxygen atoms in total. The third-order valence-corrected chi connectivity index (χ3v) is 7.20. The molecule has 0 spiro atoms. The number of hydrogen-bond acceptors (Lipinski definition) is 7. The number of nitrogens with zero attached hydrogens (tertiary/aromatic N) is 6. The number of amides is 2. The molecule has 5 heterocycles. The van der Waals surface area contributed by atoms with Gasteiger partial charge in [0, 0.05) is 57.0 Å². The molecule has 170 valence electrons. The number of hydrogen-bond donors (Lipinski definition) is 0. The maximum absolute atomic E-state index is 13.7. The highest BCUT2D eigenvalue weighted by molar-refractivity contribution is 5.89. The van der Waals surface area contributed by atoms with Gasteiger partial charge in [-0.2, -0.15) is 0 Å². The quantitative estimate of drug-likeness (QED) is 0.720. The Morgan fingerprint density at radius 1 is 1.22 bits per heavy atom. The zero-order valence-electron chi connectivity index (χ0n) is 18.9.